The molecule has 0 amide bonds. The highest BCUT2D eigenvalue weighted by Crippen LogP contribution is 2.16. The van der Waals surface area contributed by atoms with Gasteiger partial charge in [0.2, 0.25) is 0 Å². The Bertz CT molecular complexity index is 545. The van der Waals surface area contributed by atoms with Gasteiger partial charge in [0.25, 0.3) is 0 Å². The molecule has 118 valence electrons. The number of benzene rings is 2. The minimum Gasteiger partial charge on any atom is -0.491 e. The first-order chi connectivity index (χ1) is 10.7. The Morgan fingerprint density at radius 2 is 1.77 bits per heavy atom. The maximum Gasteiger partial charge on any atom is 0.123 e. The monoisotopic (exact) mass is 303 g/mol. The summed E-state index contributed by atoms with van der Waals surface area (Å²) in [6.45, 7) is 0.891. The van der Waals surface area contributed by atoms with Gasteiger partial charge in [-0.15, -0.1) is 0 Å². The predicted molar refractivity (Wildman–Crippen MR) is 85.6 cm³/mol. The molecule has 1 N–H and O–H groups in total. The normalized spacial score (nSPS) is 12.4. The number of likely N-dealkylation sites (N-methyl/N-ethyl adjacent to an activating group) is 1. The molecule has 0 saturated heterocycles. The van der Waals surface area contributed by atoms with Gasteiger partial charge in [-0.3, -0.25) is 4.90 Å². The molecule has 0 radical (unpaired) electrons. The van der Waals surface area contributed by atoms with E-state index in [-0.39, 0.29) is 6.61 Å². The van der Waals surface area contributed by atoms with Crippen LogP contribution in [0.2, 0.25) is 0 Å². The highest BCUT2D eigenvalue weighted by atomic mass is 19.1. The van der Waals surface area contributed by atoms with Crippen LogP contribution < -0.4 is 4.74 Å². The van der Waals surface area contributed by atoms with E-state index in [2.05, 4.69) is 4.90 Å². The lowest BCUT2D eigenvalue weighted by Gasteiger charge is -2.21. The van der Waals surface area contributed by atoms with Crippen molar-refractivity contribution >= 4 is 0 Å². The second-order valence-electron chi connectivity index (χ2n) is 5.30. The predicted octanol–water partition coefficient (Wildman–Crippen LogP) is 3.20. The molecular weight excluding hydrogens is 281 g/mol. The van der Waals surface area contributed by atoms with Crippen LogP contribution in [0.1, 0.15) is 17.2 Å². The maximum atomic E-state index is 12.0. The van der Waals surface area contributed by atoms with Gasteiger partial charge in [0.15, 0.2) is 0 Å². The van der Waals surface area contributed by atoms with Gasteiger partial charge in [0.05, 0.1) is 6.10 Å². The number of alkyl halides is 1. The highest BCUT2D eigenvalue weighted by Gasteiger charge is 2.10. The Labute approximate surface area is 131 Å². The number of ether oxygens (including phenoxy) is 1. The van der Waals surface area contributed by atoms with Gasteiger partial charge in [-0.05, 0) is 30.3 Å². The van der Waals surface area contributed by atoms with Gasteiger partial charge < -0.3 is 9.84 Å². The average molecular weight is 303 g/mol. The topological polar surface area (TPSA) is 32.7 Å². The number of rotatable bonds is 8. The van der Waals surface area contributed by atoms with E-state index >= 15 is 0 Å². The summed E-state index contributed by atoms with van der Waals surface area (Å²) in [6, 6.07) is 17.2. The van der Waals surface area contributed by atoms with Gasteiger partial charge in [-0.1, -0.05) is 42.5 Å². The van der Waals surface area contributed by atoms with Crippen LogP contribution in [0.15, 0.2) is 54.6 Å². The number of hydrogen-bond donors (Lipinski definition) is 1. The largest absolute Gasteiger partial charge is 0.491 e. The summed E-state index contributed by atoms with van der Waals surface area (Å²) in [5.41, 5.74) is 2.04. The van der Waals surface area contributed by atoms with Crippen LogP contribution >= 0.6 is 0 Å². The minimum atomic E-state index is -0.502. The fourth-order valence-corrected chi connectivity index (χ4v) is 2.30. The average Bonchev–Trinajstić information content (AvgIpc) is 2.55. The van der Waals surface area contributed by atoms with Crippen LogP contribution in [-0.4, -0.2) is 36.9 Å². The molecule has 0 heterocycles. The third-order valence-electron chi connectivity index (χ3n) is 3.39. The van der Waals surface area contributed by atoms with E-state index in [9.17, 15) is 9.50 Å². The van der Waals surface area contributed by atoms with E-state index < -0.39 is 12.8 Å². The first-order valence-electron chi connectivity index (χ1n) is 7.38. The standard InChI is InChI=1S/C18H22FNO2/c1-20(14-18(21)16-5-3-2-4-6-16)13-15-7-9-17(10-8-15)22-12-11-19/h2-10,18,21H,11-14H2,1H3. The minimum absolute atomic E-state index is 0.0858. The molecule has 0 aliphatic heterocycles. The van der Waals surface area contributed by atoms with Crippen molar-refractivity contribution in [1.29, 1.82) is 0 Å². The van der Waals surface area contributed by atoms with E-state index in [1.165, 1.54) is 0 Å². The molecule has 2 aromatic rings. The first kappa shape index (κ1) is 16.5. The molecule has 0 aliphatic carbocycles. The molecule has 22 heavy (non-hydrogen) atoms. The van der Waals surface area contributed by atoms with Crippen molar-refractivity contribution in [3.8, 4) is 5.75 Å². The second kappa shape index (κ2) is 8.51. The molecule has 1 atom stereocenters. The number of halogens is 1. The van der Waals surface area contributed by atoms with Crippen molar-refractivity contribution in [3.63, 3.8) is 0 Å². The smallest absolute Gasteiger partial charge is 0.123 e. The molecular formula is C18H22FNO2. The zero-order valence-corrected chi connectivity index (χ0v) is 12.8. The van der Waals surface area contributed by atoms with Gasteiger partial charge in [-0.2, -0.15) is 0 Å². The van der Waals surface area contributed by atoms with E-state index in [1.807, 2.05) is 61.6 Å². The molecule has 1 unspecified atom stereocenters. The lowest BCUT2D eigenvalue weighted by molar-refractivity contribution is 0.124. The summed E-state index contributed by atoms with van der Waals surface area (Å²) < 4.78 is 17.2. The summed E-state index contributed by atoms with van der Waals surface area (Å²) in [4.78, 5) is 2.06. The summed E-state index contributed by atoms with van der Waals surface area (Å²) in [6.07, 6.45) is -0.502. The van der Waals surface area contributed by atoms with E-state index in [0.717, 1.165) is 17.7 Å². The molecule has 0 saturated carbocycles. The Morgan fingerprint density at radius 3 is 2.41 bits per heavy atom. The second-order valence-corrected chi connectivity index (χ2v) is 5.30. The third kappa shape index (κ3) is 5.13. The molecule has 0 aliphatic rings. The first-order valence-corrected chi connectivity index (χ1v) is 7.38. The third-order valence-corrected chi connectivity index (χ3v) is 3.39. The van der Waals surface area contributed by atoms with Crippen molar-refractivity contribution in [2.75, 3.05) is 26.9 Å². The summed E-state index contributed by atoms with van der Waals surface area (Å²) in [5, 5.41) is 10.2. The Morgan fingerprint density at radius 1 is 1.09 bits per heavy atom. The fourth-order valence-electron chi connectivity index (χ4n) is 2.30. The van der Waals surface area contributed by atoms with E-state index in [0.29, 0.717) is 12.3 Å². The van der Waals surface area contributed by atoms with Gasteiger partial charge in [0, 0.05) is 13.1 Å². The van der Waals surface area contributed by atoms with Crippen molar-refractivity contribution in [2.45, 2.75) is 12.6 Å². The zero-order chi connectivity index (χ0) is 15.8. The fraction of sp³-hybridized carbons (Fsp3) is 0.333. The number of aliphatic hydroxyl groups excluding tert-OH is 1. The molecule has 0 fully saturated rings. The number of nitrogens with zero attached hydrogens (tertiary/aromatic N) is 1. The lowest BCUT2D eigenvalue weighted by Crippen LogP contribution is -2.24. The lowest BCUT2D eigenvalue weighted by atomic mass is 10.1. The van der Waals surface area contributed by atoms with Crippen molar-refractivity contribution in [3.05, 3.63) is 65.7 Å². The highest BCUT2D eigenvalue weighted by molar-refractivity contribution is 5.27. The van der Waals surface area contributed by atoms with Crippen LogP contribution in [0.5, 0.6) is 5.75 Å². The van der Waals surface area contributed by atoms with Gasteiger partial charge in [-0.25, -0.2) is 4.39 Å². The molecule has 2 aromatic carbocycles. The van der Waals surface area contributed by atoms with Crippen LogP contribution in [-0.2, 0) is 6.54 Å². The van der Waals surface area contributed by atoms with Gasteiger partial charge in [0.1, 0.15) is 19.0 Å². The molecule has 2 rings (SSSR count). The molecule has 0 bridgehead atoms. The van der Waals surface area contributed by atoms with E-state index in [1.54, 1.807) is 0 Å². The SMILES string of the molecule is CN(Cc1ccc(OCCF)cc1)CC(O)c1ccccc1. The molecule has 3 nitrogen and oxygen atoms in total. The van der Waals surface area contributed by atoms with Crippen LogP contribution in [0, 0.1) is 0 Å². The Balaban J connectivity index is 1.85. The van der Waals surface area contributed by atoms with Crippen LogP contribution in [0.3, 0.4) is 0 Å². The van der Waals surface area contributed by atoms with Crippen LogP contribution in [0.25, 0.3) is 0 Å². The summed E-state index contributed by atoms with van der Waals surface area (Å²) in [5.74, 6) is 0.674. The van der Waals surface area contributed by atoms with Crippen molar-refractivity contribution < 1.29 is 14.2 Å². The summed E-state index contributed by atoms with van der Waals surface area (Å²) in [7, 11) is 1.97. The number of aliphatic hydroxyl groups is 1. The number of hydrogen-bond acceptors (Lipinski definition) is 3. The van der Waals surface area contributed by atoms with Crippen molar-refractivity contribution in [1.82, 2.24) is 4.90 Å². The Kier molecular flexibility index (Phi) is 6.37. The maximum absolute atomic E-state index is 12.0. The Hall–Kier alpha value is -1.91. The molecule has 0 aromatic heterocycles. The van der Waals surface area contributed by atoms with E-state index in [4.69, 9.17) is 4.74 Å². The van der Waals surface area contributed by atoms with Crippen molar-refractivity contribution in [2.24, 2.45) is 0 Å². The summed E-state index contributed by atoms with van der Waals surface area (Å²) >= 11 is 0. The zero-order valence-electron chi connectivity index (χ0n) is 12.8. The molecule has 4 heteroatoms. The van der Waals surface area contributed by atoms with Crippen LogP contribution in [0.4, 0.5) is 4.39 Å². The molecule has 0 spiro atoms. The van der Waals surface area contributed by atoms with Gasteiger partial charge >= 0.3 is 0 Å². The quantitative estimate of drug-likeness (QED) is 0.813.